The molecule has 0 saturated carbocycles. The highest BCUT2D eigenvalue weighted by Crippen LogP contribution is 2.20. The fraction of sp³-hybridized carbons (Fsp3) is 0.467. The summed E-state index contributed by atoms with van der Waals surface area (Å²) in [6.45, 7) is 2.19. The smallest absolute Gasteiger partial charge is 0.340 e. The Morgan fingerprint density at radius 2 is 2.05 bits per heavy atom. The van der Waals surface area contributed by atoms with Crippen molar-refractivity contribution in [1.82, 2.24) is 4.90 Å². The first-order chi connectivity index (χ1) is 10.1. The number of carbonyl (C=O) groups is 2. The molecular weight excluding hydrogens is 270 g/mol. The van der Waals surface area contributed by atoms with Gasteiger partial charge in [0.25, 0.3) is 0 Å². The minimum absolute atomic E-state index is 0.148. The maximum absolute atomic E-state index is 11.9. The van der Waals surface area contributed by atoms with E-state index in [0.717, 1.165) is 25.9 Å². The number of methoxy groups -OCH3 is 1. The lowest BCUT2D eigenvalue weighted by molar-refractivity contribution is -0.129. The summed E-state index contributed by atoms with van der Waals surface area (Å²) in [5.41, 5.74) is 7.19. The van der Waals surface area contributed by atoms with Gasteiger partial charge in [-0.2, -0.15) is 0 Å². The van der Waals surface area contributed by atoms with Crippen LogP contribution in [0.3, 0.4) is 0 Å². The molecule has 3 N–H and O–H groups in total. The fourth-order valence-electron chi connectivity index (χ4n) is 2.42. The zero-order valence-corrected chi connectivity index (χ0v) is 12.2. The Kier molecular flexibility index (Phi) is 5.03. The number of amides is 1. The topological polar surface area (TPSA) is 84.7 Å². The van der Waals surface area contributed by atoms with E-state index in [4.69, 9.17) is 10.5 Å². The highest BCUT2D eigenvalue weighted by atomic mass is 16.5. The van der Waals surface area contributed by atoms with Crippen molar-refractivity contribution in [1.29, 1.82) is 0 Å². The predicted molar refractivity (Wildman–Crippen MR) is 81.1 cm³/mol. The second kappa shape index (κ2) is 6.97. The summed E-state index contributed by atoms with van der Waals surface area (Å²) in [4.78, 5) is 25.5. The quantitative estimate of drug-likeness (QED) is 0.634. The van der Waals surface area contributed by atoms with Crippen molar-refractivity contribution in [2.24, 2.45) is 0 Å². The van der Waals surface area contributed by atoms with Crippen molar-refractivity contribution in [3.05, 3.63) is 23.8 Å². The van der Waals surface area contributed by atoms with Crippen LogP contribution in [0.5, 0.6) is 0 Å². The molecule has 0 bridgehead atoms. The van der Waals surface area contributed by atoms with Crippen molar-refractivity contribution in [3.8, 4) is 0 Å². The molecule has 2 rings (SSSR count). The Labute approximate surface area is 124 Å². The maximum Gasteiger partial charge on any atom is 0.340 e. The number of hydrogen-bond acceptors (Lipinski definition) is 5. The average molecular weight is 291 g/mol. The van der Waals surface area contributed by atoms with Crippen LogP contribution in [-0.2, 0) is 9.53 Å². The van der Waals surface area contributed by atoms with Crippen molar-refractivity contribution >= 4 is 23.3 Å². The summed E-state index contributed by atoms with van der Waals surface area (Å²) in [5, 5.41) is 3.11. The number of nitrogen functional groups attached to an aromatic ring is 1. The molecular formula is C15H21N3O3. The monoisotopic (exact) mass is 291 g/mol. The summed E-state index contributed by atoms with van der Waals surface area (Å²) in [7, 11) is 1.33. The van der Waals surface area contributed by atoms with E-state index in [9.17, 15) is 9.59 Å². The van der Waals surface area contributed by atoms with Gasteiger partial charge in [-0.25, -0.2) is 4.79 Å². The number of hydrogen-bond donors (Lipinski definition) is 2. The van der Waals surface area contributed by atoms with Gasteiger partial charge in [0.1, 0.15) is 0 Å². The van der Waals surface area contributed by atoms with E-state index in [1.807, 2.05) is 4.90 Å². The van der Waals surface area contributed by atoms with Crippen molar-refractivity contribution in [3.63, 3.8) is 0 Å². The molecule has 1 heterocycles. The van der Waals surface area contributed by atoms with Crippen molar-refractivity contribution < 1.29 is 14.3 Å². The molecule has 0 radical (unpaired) electrons. The molecule has 1 fully saturated rings. The lowest BCUT2D eigenvalue weighted by atomic mass is 10.1. The SMILES string of the molecule is COC(=O)c1cc(N)ccc1NCCC(=O)N1CCCC1. The van der Waals surface area contributed by atoms with Crippen molar-refractivity contribution in [2.75, 3.05) is 37.8 Å². The van der Waals surface area contributed by atoms with Crippen LogP contribution in [-0.4, -0.2) is 43.5 Å². The van der Waals surface area contributed by atoms with Gasteiger partial charge in [0, 0.05) is 37.4 Å². The second-order valence-corrected chi connectivity index (χ2v) is 5.06. The highest BCUT2D eigenvalue weighted by Gasteiger charge is 2.17. The van der Waals surface area contributed by atoms with E-state index in [1.54, 1.807) is 18.2 Å². The molecule has 0 spiro atoms. The first kappa shape index (κ1) is 15.2. The number of rotatable bonds is 5. The van der Waals surface area contributed by atoms with Gasteiger partial charge in [-0.05, 0) is 31.0 Å². The minimum atomic E-state index is -0.448. The molecule has 1 amide bonds. The third-order valence-electron chi connectivity index (χ3n) is 3.56. The number of esters is 1. The molecule has 0 unspecified atom stereocenters. The first-order valence-electron chi connectivity index (χ1n) is 7.11. The molecule has 1 aliphatic heterocycles. The number of likely N-dealkylation sites (tertiary alicyclic amines) is 1. The summed E-state index contributed by atoms with van der Waals surface area (Å²) < 4.78 is 4.73. The first-order valence-corrected chi connectivity index (χ1v) is 7.11. The van der Waals surface area contributed by atoms with E-state index < -0.39 is 5.97 Å². The largest absolute Gasteiger partial charge is 0.465 e. The number of benzene rings is 1. The van der Waals surface area contributed by atoms with E-state index in [2.05, 4.69) is 5.32 Å². The van der Waals surface area contributed by atoms with E-state index >= 15 is 0 Å². The van der Waals surface area contributed by atoms with Crippen LogP contribution < -0.4 is 11.1 Å². The molecule has 6 heteroatoms. The Morgan fingerprint density at radius 1 is 1.33 bits per heavy atom. The van der Waals surface area contributed by atoms with Crippen LogP contribution >= 0.6 is 0 Å². The third-order valence-corrected chi connectivity index (χ3v) is 3.56. The number of ether oxygens (including phenoxy) is 1. The van der Waals surface area contributed by atoms with Crippen molar-refractivity contribution in [2.45, 2.75) is 19.3 Å². The van der Waals surface area contributed by atoms with Gasteiger partial charge in [0.05, 0.1) is 12.7 Å². The van der Waals surface area contributed by atoms with Crippen LogP contribution in [0.4, 0.5) is 11.4 Å². The summed E-state index contributed by atoms with van der Waals surface area (Å²) >= 11 is 0. The molecule has 6 nitrogen and oxygen atoms in total. The van der Waals surface area contributed by atoms with Gasteiger partial charge >= 0.3 is 5.97 Å². The van der Waals surface area contributed by atoms with E-state index in [1.165, 1.54) is 7.11 Å². The van der Waals surface area contributed by atoms with Crippen LogP contribution in [0.15, 0.2) is 18.2 Å². The lowest BCUT2D eigenvalue weighted by Gasteiger charge is -2.16. The van der Waals surface area contributed by atoms with Crippen LogP contribution in [0.1, 0.15) is 29.6 Å². The maximum atomic E-state index is 11.9. The highest BCUT2D eigenvalue weighted by molar-refractivity contribution is 5.96. The number of nitrogens with zero attached hydrogens (tertiary/aromatic N) is 1. The zero-order valence-electron chi connectivity index (χ0n) is 12.2. The molecule has 1 aliphatic rings. The standard InChI is InChI=1S/C15H21N3O3/c1-21-15(20)12-10-11(16)4-5-13(12)17-7-6-14(19)18-8-2-3-9-18/h4-5,10,17H,2-3,6-9,16H2,1H3. The second-order valence-electron chi connectivity index (χ2n) is 5.06. The Bertz CT molecular complexity index is 525. The molecule has 1 saturated heterocycles. The Hall–Kier alpha value is -2.24. The van der Waals surface area contributed by atoms with Gasteiger partial charge in [-0.15, -0.1) is 0 Å². The number of carbonyl (C=O) groups excluding carboxylic acids is 2. The summed E-state index contributed by atoms with van der Waals surface area (Å²) in [6, 6.07) is 5.00. The lowest BCUT2D eigenvalue weighted by Crippen LogP contribution is -2.29. The molecule has 21 heavy (non-hydrogen) atoms. The normalized spacial score (nSPS) is 14.0. The number of nitrogens with two attached hydrogens (primary N) is 1. The van der Waals surface area contributed by atoms with Crippen LogP contribution in [0.2, 0.25) is 0 Å². The van der Waals surface area contributed by atoms with Crippen LogP contribution in [0.25, 0.3) is 0 Å². The predicted octanol–water partition coefficient (Wildman–Crippen LogP) is 1.48. The summed E-state index contributed by atoms with van der Waals surface area (Å²) in [5.74, 6) is -0.300. The average Bonchev–Trinajstić information content (AvgIpc) is 3.02. The van der Waals surface area contributed by atoms with Gasteiger partial charge in [-0.1, -0.05) is 0 Å². The van der Waals surface area contributed by atoms with E-state index in [0.29, 0.717) is 29.9 Å². The minimum Gasteiger partial charge on any atom is -0.465 e. The van der Waals surface area contributed by atoms with Crippen LogP contribution in [0, 0.1) is 0 Å². The number of anilines is 2. The van der Waals surface area contributed by atoms with Gasteiger partial charge in [0.15, 0.2) is 0 Å². The zero-order chi connectivity index (χ0) is 15.2. The molecule has 1 aromatic carbocycles. The molecule has 114 valence electrons. The number of nitrogens with one attached hydrogen (secondary N) is 1. The van der Waals surface area contributed by atoms with E-state index in [-0.39, 0.29) is 5.91 Å². The summed E-state index contributed by atoms with van der Waals surface area (Å²) in [6.07, 6.45) is 2.58. The Balaban J connectivity index is 1.93. The fourth-order valence-corrected chi connectivity index (χ4v) is 2.42. The van der Waals surface area contributed by atoms with Gasteiger partial charge < -0.3 is 20.7 Å². The molecule has 0 aliphatic carbocycles. The molecule has 1 aromatic rings. The molecule has 0 aromatic heterocycles. The third kappa shape index (κ3) is 3.87. The van der Waals surface area contributed by atoms with Gasteiger partial charge in [0.2, 0.25) is 5.91 Å². The Morgan fingerprint density at radius 3 is 2.71 bits per heavy atom. The van der Waals surface area contributed by atoms with Gasteiger partial charge in [-0.3, -0.25) is 4.79 Å². The molecule has 0 atom stereocenters.